The maximum absolute atomic E-state index is 11.8. The van der Waals surface area contributed by atoms with Gasteiger partial charge in [-0.2, -0.15) is 0 Å². The van der Waals surface area contributed by atoms with Crippen LogP contribution in [0, 0.1) is 0 Å². The van der Waals surface area contributed by atoms with Gasteiger partial charge in [0, 0.05) is 18.8 Å². The van der Waals surface area contributed by atoms with E-state index in [1.807, 2.05) is 21.1 Å². The minimum Gasteiger partial charge on any atom is -0.550 e. The Labute approximate surface area is 128 Å². The number of esters is 1. The van der Waals surface area contributed by atoms with Gasteiger partial charge in [-0.1, -0.05) is 39.0 Å². The van der Waals surface area contributed by atoms with Gasteiger partial charge in [0.05, 0.1) is 21.1 Å². The summed E-state index contributed by atoms with van der Waals surface area (Å²) in [6.07, 6.45) is 6.15. The highest BCUT2D eigenvalue weighted by atomic mass is 16.5. The van der Waals surface area contributed by atoms with Crippen molar-refractivity contribution in [3.63, 3.8) is 0 Å². The number of hydrogen-bond acceptors (Lipinski definition) is 4. The number of carboxylic acids is 1. The molecule has 0 aliphatic rings. The molecule has 0 aromatic heterocycles. The molecule has 0 saturated carbocycles. The third-order valence-electron chi connectivity index (χ3n) is 3.18. The Morgan fingerprint density at radius 2 is 1.62 bits per heavy atom. The van der Waals surface area contributed by atoms with Crippen LogP contribution >= 0.6 is 0 Å². The van der Waals surface area contributed by atoms with Gasteiger partial charge in [0.1, 0.15) is 6.54 Å². The van der Waals surface area contributed by atoms with E-state index in [4.69, 9.17) is 4.74 Å². The molecule has 0 aliphatic carbocycles. The third kappa shape index (κ3) is 13.6. The summed E-state index contributed by atoms with van der Waals surface area (Å²) in [7, 11) is 5.80. The standard InChI is InChI=1S/C16H31NO4/c1-5-6-7-8-9-10-11-16(20)21-14(12-15(18)19)13-17(2,3)4/h14H,5-13H2,1-4H3. The number of ether oxygens (including phenoxy) is 1. The van der Waals surface area contributed by atoms with Gasteiger partial charge in [-0.25, -0.2) is 0 Å². The van der Waals surface area contributed by atoms with Crippen LogP contribution in [0.2, 0.25) is 0 Å². The summed E-state index contributed by atoms with van der Waals surface area (Å²) in [6, 6.07) is 0. The molecule has 1 unspecified atom stereocenters. The lowest BCUT2D eigenvalue weighted by atomic mass is 10.1. The second-order valence-electron chi connectivity index (χ2n) is 6.68. The molecule has 0 radical (unpaired) electrons. The number of likely N-dealkylation sites (N-methyl/N-ethyl adjacent to an activating group) is 1. The topological polar surface area (TPSA) is 66.4 Å². The van der Waals surface area contributed by atoms with Gasteiger partial charge in [0.2, 0.25) is 0 Å². The largest absolute Gasteiger partial charge is 0.550 e. The van der Waals surface area contributed by atoms with Gasteiger partial charge in [-0.15, -0.1) is 0 Å². The van der Waals surface area contributed by atoms with Gasteiger partial charge < -0.3 is 19.1 Å². The van der Waals surface area contributed by atoms with E-state index >= 15 is 0 Å². The fourth-order valence-electron chi connectivity index (χ4n) is 2.23. The second-order valence-corrected chi connectivity index (χ2v) is 6.68. The summed E-state index contributed by atoms with van der Waals surface area (Å²) in [5, 5.41) is 10.7. The van der Waals surface area contributed by atoms with E-state index in [9.17, 15) is 14.7 Å². The van der Waals surface area contributed by atoms with Crippen molar-refractivity contribution in [3.05, 3.63) is 0 Å². The summed E-state index contributed by atoms with van der Waals surface area (Å²) in [4.78, 5) is 22.5. The molecule has 21 heavy (non-hydrogen) atoms. The van der Waals surface area contributed by atoms with E-state index in [0.717, 1.165) is 19.3 Å². The molecule has 0 amide bonds. The van der Waals surface area contributed by atoms with Gasteiger partial charge >= 0.3 is 5.97 Å². The van der Waals surface area contributed by atoms with Gasteiger partial charge in [0.15, 0.2) is 6.10 Å². The highest BCUT2D eigenvalue weighted by Gasteiger charge is 2.22. The minimum absolute atomic E-state index is 0.238. The molecule has 5 nitrogen and oxygen atoms in total. The molecule has 5 heteroatoms. The molecule has 0 saturated heterocycles. The van der Waals surface area contributed by atoms with Crippen LogP contribution in [-0.2, 0) is 14.3 Å². The Bertz CT molecular complexity index is 310. The summed E-state index contributed by atoms with van der Waals surface area (Å²) < 4.78 is 5.83. The van der Waals surface area contributed by atoms with Crippen LogP contribution in [0.1, 0.15) is 58.3 Å². The zero-order valence-electron chi connectivity index (χ0n) is 14.0. The number of carboxylic acid groups (broad SMARTS) is 1. The van der Waals surface area contributed by atoms with Gasteiger partial charge in [-0.3, -0.25) is 4.79 Å². The third-order valence-corrected chi connectivity index (χ3v) is 3.18. The Morgan fingerprint density at radius 1 is 1.05 bits per heavy atom. The molecule has 0 heterocycles. The van der Waals surface area contributed by atoms with Crippen molar-refractivity contribution in [2.75, 3.05) is 27.7 Å². The normalized spacial score (nSPS) is 13.0. The Morgan fingerprint density at radius 3 is 2.14 bits per heavy atom. The van der Waals surface area contributed by atoms with Crippen molar-refractivity contribution in [2.45, 2.75) is 64.4 Å². The summed E-state index contributed by atoms with van der Waals surface area (Å²) in [6.45, 7) is 2.64. The average Bonchev–Trinajstić information content (AvgIpc) is 2.30. The lowest BCUT2D eigenvalue weighted by Crippen LogP contribution is -2.45. The number of nitrogens with zero attached hydrogens (tertiary/aromatic N) is 1. The molecule has 1 atom stereocenters. The number of aliphatic carboxylic acids is 1. The number of unbranched alkanes of at least 4 members (excludes halogenated alkanes) is 5. The van der Waals surface area contributed by atoms with Crippen molar-refractivity contribution in [1.29, 1.82) is 0 Å². The van der Waals surface area contributed by atoms with Crippen molar-refractivity contribution in [3.8, 4) is 0 Å². The van der Waals surface area contributed by atoms with Crippen LogP contribution in [0.3, 0.4) is 0 Å². The molecule has 0 bridgehead atoms. The quantitative estimate of drug-likeness (QED) is 0.311. The lowest BCUT2D eigenvalue weighted by Gasteiger charge is -2.29. The Hall–Kier alpha value is -1.10. The van der Waals surface area contributed by atoms with Gasteiger partial charge in [-0.05, 0) is 6.42 Å². The Kier molecular flexibility index (Phi) is 10.0. The molecule has 0 fully saturated rings. The number of rotatable bonds is 12. The number of quaternary nitrogens is 1. The lowest BCUT2D eigenvalue weighted by molar-refractivity contribution is -0.873. The monoisotopic (exact) mass is 301 g/mol. The maximum Gasteiger partial charge on any atom is 0.306 e. The fourth-order valence-corrected chi connectivity index (χ4v) is 2.23. The first kappa shape index (κ1) is 19.9. The van der Waals surface area contributed by atoms with Crippen LogP contribution in [0.5, 0.6) is 0 Å². The second kappa shape index (κ2) is 10.6. The summed E-state index contributed by atoms with van der Waals surface area (Å²) in [5.74, 6) is -1.48. The molecule has 0 N–H and O–H groups in total. The van der Waals surface area contributed by atoms with E-state index in [1.54, 1.807) is 0 Å². The molecule has 0 aliphatic heterocycles. The van der Waals surface area contributed by atoms with Crippen molar-refractivity contribution < 1.29 is 23.9 Å². The first-order valence-corrected chi connectivity index (χ1v) is 7.94. The van der Waals surface area contributed by atoms with Crippen LogP contribution < -0.4 is 5.11 Å². The first-order chi connectivity index (χ1) is 9.74. The van der Waals surface area contributed by atoms with E-state index < -0.39 is 12.1 Å². The highest BCUT2D eigenvalue weighted by molar-refractivity contribution is 5.70. The number of carbonyl (C=O) groups excluding carboxylic acids is 2. The van der Waals surface area contributed by atoms with Crippen molar-refractivity contribution >= 4 is 11.9 Å². The van der Waals surface area contributed by atoms with Crippen LogP contribution in [0.4, 0.5) is 0 Å². The first-order valence-electron chi connectivity index (χ1n) is 7.94. The van der Waals surface area contributed by atoms with E-state index in [2.05, 4.69) is 6.92 Å². The zero-order chi connectivity index (χ0) is 16.3. The van der Waals surface area contributed by atoms with Crippen molar-refractivity contribution in [2.24, 2.45) is 0 Å². The van der Waals surface area contributed by atoms with Crippen molar-refractivity contribution in [1.82, 2.24) is 0 Å². The van der Waals surface area contributed by atoms with E-state index in [0.29, 0.717) is 17.4 Å². The molecule has 0 aromatic rings. The van der Waals surface area contributed by atoms with Crippen LogP contribution in [-0.4, -0.2) is 50.2 Å². The molecular formula is C16H31NO4. The highest BCUT2D eigenvalue weighted by Crippen LogP contribution is 2.10. The predicted molar refractivity (Wildman–Crippen MR) is 80.4 cm³/mol. The summed E-state index contributed by atoms with van der Waals surface area (Å²) >= 11 is 0. The fraction of sp³-hybridized carbons (Fsp3) is 0.875. The number of carbonyl (C=O) groups is 2. The summed E-state index contributed by atoms with van der Waals surface area (Å²) in [5.41, 5.74) is 0. The molecular weight excluding hydrogens is 270 g/mol. The van der Waals surface area contributed by atoms with Crippen LogP contribution in [0.15, 0.2) is 0 Å². The van der Waals surface area contributed by atoms with Crippen LogP contribution in [0.25, 0.3) is 0 Å². The molecule has 0 aromatic carbocycles. The molecule has 124 valence electrons. The number of hydrogen-bond donors (Lipinski definition) is 0. The SMILES string of the molecule is CCCCCCCCC(=O)OC(CC(=O)[O-])C[N+](C)(C)C. The zero-order valence-corrected chi connectivity index (χ0v) is 14.0. The maximum atomic E-state index is 11.8. The van der Waals surface area contributed by atoms with E-state index in [1.165, 1.54) is 19.3 Å². The van der Waals surface area contributed by atoms with E-state index in [-0.39, 0.29) is 12.4 Å². The smallest absolute Gasteiger partial charge is 0.306 e. The minimum atomic E-state index is -1.18. The Balaban J connectivity index is 4.01. The van der Waals surface area contributed by atoms with Gasteiger partial charge in [0.25, 0.3) is 0 Å². The average molecular weight is 301 g/mol. The molecule has 0 spiro atoms. The predicted octanol–water partition coefficient (Wildman–Crippen LogP) is 1.49. The molecule has 0 rings (SSSR count).